The van der Waals surface area contributed by atoms with Gasteiger partial charge < -0.3 is 9.47 Å². The molecule has 0 amide bonds. The highest BCUT2D eigenvalue weighted by Crippen LogP contribution is 2.74. The fourth-order valence-electron chi connectivity index (χ4n) is 8.49. The first-order valence-electron chi connectivity index (χ1n) is 14.1. The van der Waals surface area contributed by atoms with Gasteiger partial charge in [-0.05, 0) is 95.8 Å². The Labute approximate surface area is 230 Å². The summed E-state index contributed by atoms with van der Waals surface area (Å²) < 4.78 is 11.0. The lowest BCUT2D eigenvalue weighted by molar-refractivity contribution is -0.384. The number of carbonyl (C=O) groups is 1. The highest BCUT2D eigenvalue weighted by molar-refractivity contribution is 6.18. The number of rotatable bonds is 4. The van der Waals surface area contributed by atoms with Crippen LogP contribution in [0, 0.1) is 32.8 Å². The SMILES string of the molecule is BC12CC=C(c3cccnc3)[C@@]1(C)CC[C@H]1[C@H]2CC=C2C[C@@H](OC(=O)Oc3ccc([N+](=O)[O-])cc3)CC[C@@]21C. The van der Waals surface area contributed by atoms with Gasteiger partial charge in [-0.15, -0.1) is 0 Å². The molecule has 0 N–H and O–H groups in total. The van der Waals surface area contributed by atoms with Crippen LogP contribution in [0.15, 0.2) is 66.5 Å². The summed E-state index contributed by atoms with van der Waals surface area (Å²) in [5.41, 5.74) is 4.36. The Bertz CT molecular complexity index is 1360. The minimum absolute atomic E-state index is 0.0524. The highest BCUT2D eigenvalue weighted by atomic mass is 16.7. The molecule has 1 aromatic heterocycles. The molecule has 0 saturated heterocycles. The van der Waals surface area contributed by atoms with E-state index in [1.807, 2.05) is 18.5 Å². The van der Waals surface area contributed by atoms with E-state index in [0.29, 0.717) is 11.8 Å². The number of ether oxygens (including phenoxy) is 2. The van der Waals surface area contributed by atoms with Gasteiger partial charge in [-0.25, -0.2) is 4.79 Å². The molecule has 2 saturated carbocycles. The Kier molecular flexibility index (Phi) is 6.20. The summed E-state index contributed by atoms with van der Waals surface area (Å²) in [6, 6.07) is 9.70. The third kappa shape index (κ3) is 4.10. The molecule has 0 aliphatic heterocycles. The molecule has 6 atom stereocenters. The van der Waals surface area contributed by atoms with Gasteiger partial charge in [0, 0.05) is 30.9 Å². The zero-order valence-electron chi connectivity index (χ0n) is 22.9. The Morgan fingerprint density at radius 1 is 1.10 bits per heavy atom. The van der Waals surface area contributed by atoms with Crippen molar-refractivity contribution in [3.05, 3.63) is 82.2 Å². The molecule has 0 bridgehead atoms. The summed E-state index contributed by atoms with van der Waals surface area (Å²) in [6.45, 7) is 4.93. The second-order valence-corrected chi connectivity index (χ2v) is 12.5. The number of allylic oxidation sites excluding steroid dienone is 3. The summed E-state index contributed by atoms with van der Waals surface area (Å²) >= 11 is 0. The number of fused-ring (bicyclic) bond motifs is 5. The molecule has 1 aromatic carbocycles. The van der Waals surface area contributed by atoms with Crippen molar-refractivity contribution in [2.24, 2.45) is 22.7 Å². The fourth-order valence-corrected chi connectivity index (χ4v) is 8.49. The molecule has 0 radical (unpaired) electrons. The van der Waals surface area contributed by atoms with E-state index < -0.39 is 11.1 Å². The van der Waals surface area contributed by atoms with Crippen LogP contribution in [-0.2, 0) is 4.74 Å². The Morgan fingerprint density at radius 2 is 1.90 bits per heavy atom. The summed E-state index contributed by atoms with van der Waals surface area (Å²) in [6.07, 6.45) is 14.9. The lowest BCUT2D eigenvalue weighted by Gasteiger charge is -2.62. The molecule has 2 fully saturated rings. The first kappa shape index (κ1) is 25.8. The number of hydrogen-bond donors (Lipinski definition) is 0. The number of nitro benzene ring substituents is 1. The normalized spacial score (nSPS) is 35.0. The van der Waals surface area contributed by atoms with Crippen LogP contribution in [0.5, 0.6) is 5.75 Å². The molecule has 1 unspecified atom stereocenters. The maximum atomic E-state index is 12.5. The van der Waals surface area contributed by atoms with Crippen LogP contribution in [-0.4, -0.2) is 30.0 Å². The predicted molar refractivity (Wildman–Crippen MR) is 151 cm³/mol. The number of carbonyl (C=O) groups excluding carboxylic acids is 1. The van der Waals surface area contributed by atoms with Gasteiger partial charge in [0.1, 0.15) is 19.7 Å². The topological polar surface area (TPSA) is 91.6 Å². The predicted octanol–water partition coefficient (Wildman–Crippen LogP) is 6.71. The molecule has 7 nitrogen and oxygen atoms in total. The molecule has 2 aromatic rings. The molecule has 202 valence electrons. The van der Waals surface area contributed by atoms with Crippen LogP contribution in [0.4, 0.5) is 10.5 Å². The van der Waals surface area contributed by atoms with Gasteiger partial charge in [0.05, 0.1) is 4.92 Å². The van der Waals surface area contributed by atoms with Crippen molar-refractivity contribution in [2.75, 3.05) is 0 Å². The summed E-state index contributed by atoms with van der Waals surface area (Å²) in [4.78, 5) is 27.3. The van der Waals surface area contributed by atoms with Gasteiger partial charge in [-0.1, -0.05) is 37.6 Å². The third-order valence-electron chi connectivity index (χ3n) is 10.9. The van der Waals surface area contributed by atoms with Gasteiger partial charge in [-0.2, -0.15) is 0 Å². The minimum Gasteiger partial charge on any atom is -0.430 e. The van der Waals surface area contributed by atoms with Crippen molar-refractivity contribution in [1.82, 2.24) is 4.98 Å². The number of nitrogens with zero attached hydrogens (tertiary/aromatic N) is 2. The monoisotopic (exact) mass is 526 g/mol. The minimum atomic E-state index is -0.757. The van der Waals surface area contributed by atoms with Crippen molar-refractivity contribution in [3.63, 3.8) is 0 Å². The third-order valence-corrected chi connectivity index (χ3v) is 10.9. The first-order chi connectivity index (χ1) is 18.6. The Hall–Kier alpha value is -3.42. The molecule has 8 heteroatoms. The number of benzene rings is 1. The average Bonchev–Trinajstić information content (AvgIpc) is 3.20. The standard InChI is InChI=1S/C31H35BN2O5/c1-29-14-11-24(39-28(35)38-23-8-6-22(7-9-23)34(36)37)18-21(29)5-10-27-26(29)12-15-30(2)25(13-16-31(27,30)32)20-4-3-17-33-19-20/h3-9,13,17,19,24,26-27H,10-12,14-16,18,32H2,1-2H3/t24-,26-,27+,29-,30+,31?/m0/s1. The van der Waals surface area contributed by atoms with Crippen LogP contribution in [0.3, 0.4) is 0 Å². The molecule has 1 heterocycles. The lowest BCUT2D eigenvalue weighted by atomic mass is 9.36. The van der Waals surface area contributed by atoms with Crippen LogP contribution < -0.4 is 4.74 Å². The molecule has 4 aliphatic carbocycles. The van der Waals surface area contributed by atoms with E-state index in [4.69, 9.17) is 9.47 Å². The van der Waals surface area contributed by atoms with Gasteiger partial charge in [-0.3, -0.25) is 15.1 Å². The zero-order valence-corrected chi connectivity index (χ0v) is 22.9. The van der Waals surface area contributed by atoms with E-state index in [1.54, 1.807) is 0 Å². The van der Waals surface area contributed by atoms with E-state index in [0.717, 1.165) is 32.1 Å². The number of nitro groups is 1. The highest BCUT2D eigenvalue weighted by Gasteiger charge is 2.62. The van der Waals surface area contributed by atoms with Crippen molar-refractivity contribution >= 4 is 25.3 Å². The Morgan fingerprint density at radius 3 is 2.62 bits per heavy atom. The number of non-ortho nitro benzene ring substituents is 1. The van der Waals surface area contributed by atoms with E-state index in [1.165, 1.54) is 53.8 Å². The Balaban J connectivity index is 1.15. The zero-order chi connectivity index (χ0) is 27.4. The van der Waals surface area contributed by atoms with Crippen LogP contribution in [0.2, 0.25) is 5.31 Å². The molecular formula is C31H35BN2O5. The largest absolute Gasteiger partial charge is 0.514 e. The van der Waals surface area contributed by atoms with Gasteiger partial charge in [0.25, 0.3) is 5.69 Å². The van der Waals surface area contributed by atoms with Crippen molar-refractivity contribution in [3.8, 4) is 5.75 Å². The second kappa shape index (κ2) is 9.35. The van der Waals surface area contributed by atoms with E-state index in [-0.39, 0.29) is 33.7 Å². The number of aromatic nitrogens is 1. The molecule has 6 rings (SSSR count). The summed E-state index contributed by atoms with van der Waals surface area (Å²) in [5, 5.41) is 11.1. The lowest BCUT2D eigenvalue weighted by Crippen LogP contribution is -2.53. The van der Waals surface area contributed by atoms with Gasteiger partial charge in [0.2, 0.25) is 0 Å². The van der Waals surface area contributed by atoms with Crippen LogP contribution >= 0.6 is 0 Å². The number of hydrogen-bond acceptors (Lipinski definition) is 6. The first-order valence-corrected chi connectivity index (χ1v) is 14.1. The van der Waals surface area contributed by atoms with E-state index in [9.17, 15) is 14.9 Å². The maximum Gasteiger partial charge on any atom is 0.514 e. The quantitative estimate of drug-likeness (QED) is 0.110. The maximum absolute atomic E-state index is 12.5. The molecule has 39 heavy (non-hydrogen) atoms. The van der Waals surface area contributed by atoms with Crippen molar-refractivity contribution in [2.45, 2.75) is 70.2 Å². The van der Waals surface area contributed by atoms with Gasteiger partial charge in [0.15, 0.2) is 0 Å². The molecular weight excluding hydrogens is 491 g/mol. The van der Waals surface area contributed by atoms with Crippen molar-refractivity contribution in [1.29, 1.82) is 0 Å². The fraction of sp³-hybridized carbons (Fsp3) is 0.484. The average molecular weight is 526 g/mol. The van der Waals surface area contributed by atoms with Crippen LogP contribution in [0.1, 0.15) is 64.4 Å². The van der Waals surface area contributed by atoms with Crippen LogP contribution in [0.25, 0.3) is 5.57 Å². The van der Waals surface area contributed by atoms with E-state index in [2.05, 4.69) is 44.9 Å². The summed E-state index contributed by atoms with van der Waals surface area (Å²) in [7, 11) is 2.52. The summed E-state index contributed by atoms with van der Waals surface area (Å²) in [5.74, 6) is 1.46. The second-order valence-electron chi connectivity index (χ2n) is 12.5. The molecule has 0 spiro atoms. The van der Waals surface area contributed by atoms with E-state index >= 15 is 0 Å². The van der Waals surface area contributed by atoms with Gasteiger partial charge >= 0.3 is 6.16 Å². The molecule has 4 aliphatic rings. The number of pyridine rings is 1. The smallest absolute Gasteiger partial charge is 0.430 e. The van der Waals surface area contributed by atoms with Crippen molar-refractivity contribution < 1.29 is 19.2 Å².